The highest BCUT2D eigenvalue weighted by Gasteiger charge is 2.22. The molecule has 0 fully saturated rings. The van der Waals surface area contributed by atoms with Crippen LogP contribution in [0.3, 0.4) is 0 Å². The maximum absolute atomic E-state index is 12.5. The van der Waals surface area contributed by atoms with Gasteiger partial charge in [-0.3, -0.25) is 15.1 Å². The fourth-order valence-corrected chi connectivity index (χ4v) is 3.28. The highest BCUT2D eigenvalue weighted by Crippen LogP contribution is 2.33. The average molecular weight is 453 g/mol. The zero-order valence-corrected chi connectivity index (χ0v) is 19.1. The van der Waals surface area contributed by atoms with Gasteiger partial charge in [-0.1, -0.05) is 18.2 Å². The Labute approximate surface area is 192 Å². The van der Waals surface area contributed by atoms with Gasteiger partial charge < -0.3 is 20.1 Å². The van der Waals surface area contributed by atoms with Crippen molar-refractivity contribution in [3.05, 3.63) is 54.4 Å². The molecular formula is C24H28N4O5. The SMILES string of the molecule is COC(=O)Nc1ccc2c(c1)NC(=O)C/C=C\C[C@H](NC(=O)OC(C)(C)C)c1cc-2ccn1. The number of carbonyl (C=O) groups is 3. The minimum atomic E-state index is -0.631. The van der Waals surface area contributed by atoms with E-state index in [9.17, 15) is 14.4 Å². The van der Waals surface area contributed by atoms with Crippen molar-refractivity contribution in [1.82, 2.24) is 10.3 Å². The number of nitrogens with one attached hydrogen (secondary N) is 3. The van der Waals surface area contributed by atoms with Crippen LogP contribution in [-0.2, 0) is 14.3 Å². The fraction of sp³-hybridized carbons (Fsp3) is 0.333. The van der Waals surface area contributed by atoms with Crippen molar-refractivity contribution in [3.8, 4) is 11.1 Å². The summed E-state index contributed by atoms with van der Waals surface area (Å²) in [6.07, 6.45) is 4.65. The molecular weight excluding hydrogens is 424 g/mol. The molecule has 2 bridgehead atoms. The first-order chi connectivity index (χ1) is 15.6. The normalized spacial score (nSPS) is 16.7. The number of benzene rings is 1. The predicted octanol–water partition coefficient (Wildman–Crippen LogP) is 4.78. The summed E-state index contributed by atoms with van der Waals surface area (Å²) in [4.78, 5) is 41.0. The van der Waals surface area contributed by atoms with E-state index in [-0.39, 0.29) is 12.3 Å². The lowest BCUT2D eigenvalue weighted by Crippen LogP contribution is -2.35. The third-order valence-electron chi connectivity index (χ3n) is 4.71. The zero-order valence-electron chi connectivity index (χ0n) is 19.1. The summed E-state index contributed by atoms with van der Waals surface area (Å²) in [7, 11) is 1.28. The smallest absolute Gasteiger partial charge is 0.411 e. The second-order valence-corrected chi connectivity index (χ2v) is 8.50. The molecule has 174 valence electrons. The van der Waals surface area contributed by atoms with Gasteiger partial charge in [0, 0.05) is 23.9 Å². The molecule has 33 heavy (non-hydrogen) atoms. The number of aromatic nitrogens is 1. The van der Waals surface area contributed by atoms with E-state index in [2.05, 4.69) is 25.7 Å². The number of fused-ring (bicyclic) bond motifs is 4. The first-order valence-electron chi connectivity index (χ1n) is 10.5. The van der Waals surface area contributed by atoms with Crippen molar-refractivity contribution in [2.24, 2.45) is 0 Å². The van der Waals surface area contributed by atoms with E-state index in [1.807, 2.05) is 18.2 Å². The van der Waals surface area contributed by atoms with Gasteiger partial charge >= 0.3 is 12.2 Å². The second-order valence-electron chi connectivity index (χ2n) is 8.50. The van der Waals surface area contributed by atoms with Crippen LogP contribution in [0.4, 0.5) is 21.0 Å². The molecule has 9 nitrogen and oxygen atoms in total. The predicted molar refractivity (Wildman–Crippen MR) is 125 cm³/mol. The summed E-state index contributed by atoms with van der Waals surface area (Å²) in [5, 5.41) is 8.36. The van der Waals surface area contributed by atoms with Crippen LogP contribution in [0.1, 0.15) is 45.3 Å². The molecule has 9 heteroatoms. The number of rotatable bonds is 2. The van der Waals surface area contributed by atoms with E-state index in [0.29, 0.717) is 23.5 Å². The Bertz CT molecular complexity index is 1070. The van der Waals surface area contributed by atoms with Crippen LogP contribution in [0.2, 0.25) is 0 Å². The van der Waals surface area contributed by atoms with E-state index in [1.165, 1.54) is 7.11 Å². The maximum Gasteiger partial charge on any atom is 0.411 e. The number of nitrogens with zero attached hydrogens (tertiary/aromatic N) is 1. The lowest BCUT2D eigenvalue weighted by molar-refractivity contribution is -0.115. The molecule has 2 heterocycles. The number of hydrogen-bond acceptors (Lipinski definition) is 6. The first-order valence-corrected chi connectivity index (χ1v) is 10.5. The molecule has 0 saturated carbocycles. The third kappa shape index (κ3) is 6.80. The topological polar surface area (TPSA) is 119 Å². The van der Waals surface area contributed by atoms with Gasteiger partial charge in [0.2, 0.25) is 5.91 Å². The van der Waals surface area contributed by atoms with Crippen LogP contribution in [0.15, 0.2) is 48.7 Å². The molecule has 1 aliphatic heterocycles. The Morgan fingerprint density at radius 1 is 1.12 bits per heavy atom. The molecule has 2 aromatic rings. The van der Waals surface area contributed by atoms with Gasteiger partial charge in [0.1, 0.15) is 5.60 Å². The lowest BCUT2D eigenvalue weighted by Gasteiger charge is -2.23. The molecule has 0 unspecified atom stereocenters. The van der Waals surface area contributed by atoms with Crippen LogP contribution < -0.4 is 16.0 Å². The minimum Gasteiger partial charge on any atom is -0.453 e. The van der Waals surface area contributed by atoms with E-state index in [1.54, 1.807) is 51.2 Å². The number of methoxy groups -OCH3 is 1. The van der Waals surface area contributed by atoms with Crippen molar-refractivity contribution in [2.45, 2.75) is 45.3 Å². The molecule has 0 radical (unpaired) electrons. The minimum absolute atomic E-state index is 0.147. The van der Waals surface area contributed by atoms with Crippen LogP contribution in [0.5, 0.6) is 0 Å². The molecule has 3 N–H and O–H groups in total. The monoisotopic (exact) mass is 452 g/mol. The van der Waals surface area contributed by atoms with Crippen molar-refractivity contribution >= 4 is 29.5 Å². The fourth-order valence-electron chi connectivity index (χ4n) is 3.28. The van der Waals surface area contributed by atoms with E-state index in [4.69, 9.17) is 4.74 Å². The summed E-state index contributed by atoms with van der Waals surface area (Å²) in [5.41, 5.74) is 2.55. The van der Waals surface area contributed by atoms with Gasteiger partial charge in [0.25, 0.3) is 0 Å². The number of alkyl carbamates (subject to hydrolysis) is 1. The van der Waals surface area contributed by atoms with Gasteiger partial charge in [-0.05, 0) is 57.0 Å². The Morgan fingerprint density at radius 3 is 2.64 bits per heavy atom. The summed E-state index contributed by atoms with van der Waals surface area (Å²) < 4.78 is 10.0. The molecule has 0 aliphatic carbocycles. The molecule has 0 spiro atoms. The van der Waals surface area contributed by atoms with Crippen molar-refractivity contribution in [3.63, 3.8) is 0 Å². The van der Waals surface area contributed by atoms with E-state index < -0.39 is 23.8 Å². The standard InChI is InChI=1S/C24H28N4O5/c1-24(2,3)33-23(31)28-18-7-5-6-8-21(29)27-19-14-16(26-22(30)32-4)9-10-17(19)15-11-12-25-20(18)13-15/h5-6,9-14,18H,7-8H2,1-4H3,(H,26,30)(H,27,29)(H,28,31)/b6-5-/t18-/m0/s1. The number of carbonyl (C=O) groups excluding carboxylic acids is 3. The second kappa shape index (κ2) is 10.2. The van der Waals surface area contributed by atoms with Crippen LogP contribution >= 0.6 is 0 Å². The summed E-state index contributed by atoms with van der Waals surface area (Å²) in [6, 6.07) is 8.39. The average Bonchev–Trinajstić information content (AvgIpc) is 2.74. The number of anilines is 2. The highest BCUT2D eigenvalue weighted by molar-refractivity contribution is 5.98. The molecule has 0 saturated heterocycles. The Kier molecular flexibility index (Phi) is 7.32. The Morgan fingerprint density at radius 2 is 1.91 bits per heavy atom. The van der Waals surface area contributed by atoms with Gasteiger partial charge in [-0.2, -0.15) is 0 Å². The highest BCUT2D eigenvalue weighted by atomic mass is 16.6. The summed E-state index contributed by atoms with van der Waals surface area (Å²) >= 11 is 0. The maximum atomic E-state index is 12.5. The zero-order chi connectivity index (χ0) is 24.0. The van der Waals surface area contributed by atoms with Crippen molar-refractivity contribution in [1.29, 1.82) is 0 Å². The largest absolute Gasteiger partial charge is 0.453 e. The van der Waals surface area contributed by atoms with Crippen molar-refractivity contribution < 1.29 is 23.9 Å². The quantitative estimate of drug-likeness (QED) is 0.564. The number of pyridine rings is 1. The molecule has 3 rings (SSSR count). The van der Waals surface area contributed by atoms with Gasteiger partial charge in [0.05, 0.1) is 24.5 Å². The van der Waals surface area contributed by atoms with E-state index in [0.717, 1.165) is 11.1 Å². The third-order valence-corrected chi connectivity index (χ3v) is 4.71. The number of amides is 3. The molecule has 1 aromatic heterocycles. The summed E-state index contributed by atoms with van der Waals surface area (Å²) in [5.74, 6) is -0.214. The van der Waals surface area contributed by atoms with Crippen molar-refractivity contribution in [2.75, 3.05) is 17.7 Å². The Balaban J connectivity index is 2.00. The molecule has 1 atom stereocenters. The number of ether oxygens (including phenoxy) is 2. The molecule has 1 aromatic carbocycles. The number of hydrogen-bond donors (Lipinski definition) is 3. The van der Waals surface area contributed by atoms with Crippen LogP contribution in [0.25, 0.3) is 11.1 Å². The molecule has 1 aliphatic rings. The van der Waals surface area contributed by atoms with Crippen LogP contribution in [-0.4, -0.2) is 35.8 Å². The lowest BCUT2D eigenvalue weighted by atomic mass is 9.99. The van der Waals surface area contributed by atoms with Gasteiger partial charge in [-0.15, -0.1) is 0 Å². The first kappa shape index (κ1) is 23.8. The Hall–Kier alpha value is -3.88. The molecule has 3 amide bonds. The van der Waals surface area contributed by atoms with Gasteiger partial charge in [-0.25, -0.2) is 9.59 Å². The van der Waals surface area contributed by atoms with Gasteiger partial charge in [0.15, 0.2) is 0 Å². The van der Waals surface area contributed by atoms with Crippen LogP contribution in [0, 0.1) is 0 Å². The van der Waals surface area contributed by atoms with E-state index >= 15 is 0 Å². The summed E-state index contributed by atoms with van der Waals surface area (Å²) in [6.45, 7) is 5.39.